The van der Waals surface area contributed by atoms with Crippen LogP contribution >= 0.6 is 11.6 Å². The van der Waals surface area contributed by atoms with Crippen molar-refractivity contribution in [1.82, 2.24) is 0 Å². The fourth-order valence-corrected chi connectivity index (χ4v) is 5.65. The summed E-state index contributed by atoms with van der Waals surface area (Å²) in [4.78, 5) is 27.8. The van der Waals surface area contributed by atoms with Gasteiger partial charge in [-0.15, -0.1) is 0 Å². The second-order valence-corrected chi connectivity index (χ2v) is 8.46. The van der Waals surface area contributed by atoms with Crippen LogP contribution in [-0.2, 0) is 9.59 Å². The Labute approximate surface area is 158 Å². The molecular formula is C22H22ClNO2. The summed E-state index contributed by atoms with van der Waals surface area (Å²) in [6.07, 6.45) is 10.4. The van der Waals surface area contributed by atoms with Gasteiger partial charge < -0.3 is 0 Å². The Morgan fingerprint density at radius 3 is 2.15 bits per heavy atom. The molecule has 3 fully saturated rings. The van der Waals surface area contributed by atoms with Crippen LogP contribution in [0.1, 0.15) is 37.7 Å². The van der Waals surface area contributed by atoms with Gasteiger partial charge in [-0.3, -0.25) is 9.59 Å². The predicted molar refractivity (Wildman–Crippen MR) is 102 cm³/mol. The smallest absolute Gasteiger partial charge is 0.238 e. The standard InChI is InChI=1S/C22H22ClNO2/c1-12-7-8-14(11-17(12)23)24-21(25)19-15-9-10-16(20(19)22(24)26)18(15)13-5-3-2-4-6-13/h7-11,15-16,19-20H,2-6H2,1H3/t15-,16-,19-,20+/m0/s1. The van der Waals surface area contributed by atoms with E-state index in [1.807, 2.05) is 19.1 Å². The number of fused-ring (bicyclic) bond motifs is 5. The number of nitrogens with zero attached hydrogens (tertiary/aromatic N) is 1. The van der Waals surface area contributed by atoms with E-state index in [1.165, 1.54) is 35.3 Å². The Morgan fingerprint density at radius 2 is 1.58 bits per heavy atom. The van der Waals surface area contributed by atoms with Gasteiger partial charge in [0.25, 0.3) is 0 Å². The Bertz CT molecular complexity index is 842. The Balaban J connectivity index is 1.53. The number of amides is 2. The van der Waals surface area contributed by atoms with Crippen molar-refractivity contribution in [2.45, 2.75) is 39.0 Å². The van der Waals surface area contributed by atoms with Crippen LogP contribution in [0.25, 0.3) is 0 Å². The molecule has 26 heavy (non-hydrogen) atoms. The number of imide groups is 1. The van der Waals surface area contributed by atoms with E-state index in [9.17, 15) is 9.59 Å². The van der Waals surface area contributed by atoms with Crippen molar-refractivity contribution >= 4 is 29.1 Å². The van der Waals surface area contributed by atoms with E-state index in [-0.39, 0.29) is 35.5 Å². The predicted octanol–water partition coefficient (Wildman–Crippen LogP) is 4.83. The highest BCUT2D eigenvalue weighted by Gasteiger charge is 2.62. The van der Waals surface area contributed by atoms with Crippen molar-refractivity contribution in [3.63, 3.8) is 0 Å². The van der Waals surface area contributed by atoms with Gasteiger partial charge in [-0.25, -0.2) is 4.90 Å². The lowest BCUT2D eigenvalue weighted by molar-refractivity contribution is -0.122. The molecular weight excluding hydrogens is 346 g/mol. The van der Waals surface area contributed by atoms with E-state index in [1.54, 1.807) is 6.07 Å². The molecule has 1 aromatic rings. The molecule has 1 saturated heterocycles. The maximum atomic E-state index is 13.2. The molecule has 1 aliphatic heterocycles. The monoisotopic (exact) mass is 367 g/mol. The van der Waals surface area contributed by atoms with Gasteiger partial charge in [-0.2, -0.15) is 0 Å². The molecule has 2 amide bonds. The second-order valence-electron chi connectivity index (χ2n) is 8.05. The number of carbonyl (C=O) groups is 2. The van der Waals surface area contributed by atoms with Gasteiger partial charge in [0, 0.05) is 16.9 Å². The van der Waals surface area contributed by atoms with Crippen LogP contribution in [0, 0.1) is 30.6 Å². The molecule has 1 aromatic carbocycles. The summed E-state index contributed by atoms with van der Waals surface area (Å²) in [6.45, 7) is 1.92. The van der Waals surface area contributed by atoms with Crippen molar-refractivity contribution < 1.29 is 9.59 Å². The first kappa shape index (κ1) is 16.3. The van der Waals surface area contributed by atoms with Gasteiger partial charge in [0.1, 0.15) is 0 Å². The van der Waals surface area contributed by atoms with Crippen molar-refractivity contribution in [2.75, 3.05) is 4.90 Å². The third-order valence-corrected chi connectivity index (χ3v) is 7.10. The lowest BCUT2D eigenvalue weighted by Gasteiger charge is -2.23. The molecule has 134 valence electrons. The highest BCUT2D eigenvalue weighted by atomic mass is 35.5. The second kappa shape index (κ2) is 5.82. The first-order valence-electron chi connectivity index (χ1n) is 9.62. The van der Waals surface area contributed by atoms with Crippen molar-refractivity contribution in [3.8, 4) is 0 Å². The number of aryl methyl sites for hydroxylation is 1. The summed E-state index contributed by atoms with van der Waals surface area (Å²) in [5.41, 5.74) is 4.48. The summed E-state index contributed by atoms with van der Waals surface area (Å²) in [5, 5.41) is 0.589. The topological polar surface area (TPSA) is 37.4 Å². The fourth-order valence-electron chi connectivity index (χ4n) is 5.48. The van der Waals surface area contributed by atoms with Crippen LogP contribution in [0.5, 0.6) is 0 Å². The molecule has 4 heteroatoms. The maximum absolute atomic E-state index is 13.2. The molecule has 0 aromatic heterocycles. The SMILES string of the molecule is Cc1ccc(N2C(=O)[C@@H]3[C@H](C2=O)[C@H]2C=C[C@H]3C2=C2CCCCC2)cc1Cl. The van der Waals surface area contributed by atoms with Gasteiger partial charge in [-0.1, -0.05) is 47.4 Å². The van der Waals surface area contributed by atoms with Gasteiger partial charge in [0.15, 0.2) is 0 Å². The molecule has 2 saturated carbocycles. The number of carbonyl (C=O) groups excluding carboxylic acids is 2. The average molecular weight is 368 g/mol. The summed E-state index contributed by atoms with van der Waals surface area (Å²) < 4.78 is 0. The lowest BCUT2D eigenvalue weighted by Crippen LogP contribution is -2.33. The third-order valence-electron chi connectivity index (χ3n) is 6.69. The normalized spacial score (nSPS) is 32.8. The van der Waals surface area contributed by atoms with Crippen LogP contribution in [0.3, 0.4) is 0 Å². The number of rotatable bonds is 1. The van der Waals surface area contributed by atoms with Crippen molar-refractivity contribution in [3.05, 3.63) is 52.1 Å². The van der Waals surface area contributed by atoms with Crippen LogP contribution in [0.4, 0.5) is 5.69 Å². The maximum Gasteiger partial charge on any atom is 0.238 e. The quantitative estimate of drug-likeness (QED) is 0.526. The van der Waals surface area contributed by atoms with Crippen LogP contribution in [0.2, 0.25) is 5.02 Å². The number of hydrogen-bond acceptors (Lipinski definition) is 2. The van der Waals surface area contributed by atoms with Crippen molar-refractivity contribution in [2.24, 2.45) is 23.7 Å². The number of allylic oxidation sites excluding steroid dienone is 4. The largest absolute Gasteiger partial charge is 0.274 e. The fraction of sp³-hybridized carbons (Fsp3) is 0.455. The zero-order valence-electron chi connectivity index (χ0n) is 14.9. The first-order valence-corrected chi connectivity index (χ1v) is 10.00. The molecule has 0 unspecified atom stereocenters. The average Bonchev–Trinajstić information content (AvgIpc) is 3.28. The Morgan fingerprint density at radius 1 is 0.962 bits per heavy atom. The molecule has 5 rings (SSSR count). The summed E-state index contributed by atoms with van der Waals surface area (Å²) >= 11 is 6.23. The number of hydrogen-bond donors (Lipinski definition) is 0. The Kier molecular flexibility index (Phi) is 3.65. The highest BCUT2D eigenvalue weighted by molar-refractivity contribution is 6.32. The molecule has 1 heterocycles. The van der Waals surface area contributed by atoms with Gasteiger partial charge >= 0.3 is 0 Å². The first-order chi connectivity index (χ1) is 12.6. The van der Waals surface area contributed by atoms with E-state index in [0.717, 1.165) is 18.4 Å². The third kappa shape index (κ3) is 2.13. The van der Waals surface area contributed by atoms with E-state index >= 15 is 0 Å². The van der Waals surface area contributed by atoms with Crippen LogP contribution < -0.4 is 4.90 Å². The molecule has 2 bridgehead atoms. The van der Waals surface area contributed by atoms with E-state index < -0.39 is 0 Å². The van der Waals surface area contributed by atoms with E-state index in [2.05, 4.69) is 12.2 Å². The van der Waals surface area contributed by atoms with Gasteiger partial charge in [0.2, 0.25) is 11.8 Å². The highest BCUT2D eigenvalue weighted by Crippen LogP contribution is 2.58. The van der Waals surface area contributed by atoms with E-state index in [4.69, 9.17) is 11.6 Å². The molecule has 0 radical (unpaired) electrons. The summed E-state index contributed by atoms with van der Waals surface area (Å²) in [5.74, 6) is -0.290. The minimum atomic E-state index is -0.220. The molecule has 0 spiro atoms. The summed E-state index contributed by atoms with van der Waals surface area (Å²) in [6, 6.07) is 5.44. The molecule has 4 aliphatic rings. The number of benzene rings is 1. The number of anilines is 1. The van der Waals surface area contributed by atoms with Crippen LogP contribution in [0.15, 0.2) is 41.5 Å². The van der Waals surface area contributed by atoms with Crippen LogP contribution in [-0.4, -0.2) is 11.8 Å². The zero-order valence-corrected chi connectivity index (χ0v) is 15.6. The minimum absolute atomic E-state index is 0.0503. The lowest BCUT2D eigenvalue weighted by atomic mass is 9.85. The zero-order chi connectivity index (χ0) is 18.0. The molecule has 3 aliphatic carbocycles. The molecule has 3 nitrogen and oxygen atoms in total. The van der Waals surface area contributed by atoms with Gasteiger partial charge in [-0.05, 0) is 50.3 Å². The molecule has 4 atom stereocenters. The minimum Gasteiger partial charge on any atom is -0.274 e. The summed E-state index contributed by atoms with van der Waals surface area (Å²) in [7, 11) is 0. The molecule has 0 N–H and O–H groups in total. The Hall–Kier alpha value is -1.87. The number of halogens is 1. The van der Waals surface area contributed by atoms with E-state index in [0.29, 0.717) is 10.7 Å². The van der Waals surface area contributed by atoms with Gasteiger partial charge in [0.05, 0.1) is 17.5 Å². The van der Waals surface area contributed by atoms with Crippen molar-refractivity contribution in [1.29, 1.82) is 0 Å².